The number of thiophene rings is 1. The molecule has 2 saturated heterocycles. The van der Waals surface area contributed by atoms with E-state index in [-0.39, 0.29) is 24.4 Å². The number of carbonyl (C=O) groups excluding carboxylic acids is 1. The van der Waals surface area contributed by atoms with E-state index in [4.69, 9.17) is 0 Å². The zero-order valence-electron chi connectivity index (χ0n) is 13.6. The highest BCUT2D eigenvalue weighted by Crippen LogP contribution is 2.28. The predicted molar refractivity (Wildman–Crippen MR) is 97.1 cm³/mol. The summed E-state index contributed by atoms with van der Waals surface area (Å²) in [5.74, 6) is 0.243. The number of amides is 1. The van der Waals surface area contributed by atoms with Gasteiger partial charge in [0.25, 0.3) is 10.0 Å². The zero-order valence-corrected chi connectivity index (χ0v) is 16.1. The van der Waals surface area contributed by atoms with Gasteiger partial charge in [-0.1, -0.05) is 13.0 Å². The molecule has 3 atom stereocenters. The van der Waals surface area contributed by atoms with Crippen LogP contribution in [0.1, 0.15) is 26.2 Å². The van der Waals surface area contributed by atoms with Gasteiger partial charge in [-0.2, -0.15) is 4.31 Å². The average Bonchev–Trinajstić information content (AvgIpc) is 3.21. The minimum absolute atomic E-state index is 0. The normalized spacial score (nSPS) is 28.3. The van der Waals surface area contributed by atoms with E-state index in [0.29, 0.717) is 23.1 Å². The summed E-state index contributed by atoms with van der Waals surface area (Å²) in [4.78, 5) is 12.6. The van der Waals surface area contributed by atoms with Crippen LogP contribution in [0.4, 0.5) is 0 Å². The van der Waals surface area contributed by atoms with E-state index in [9.17, 15) is 13.2 Å². The monoisotopic (exact) mass is 393 g/mol. The summed E-state index contributed by atoms with van der Waals surface area (Å²) < 4.78 is 27.1. The lowest BCUT2D eigenvalue weighted by Crippen LogP contribution is -2.55. The van der Waals surface area contributed by atoms with Crippen LogP contribution in [-0.4, -0.2) is 50.3 Å². The second-order valence-corrected chi connectivity index (χ2v) is 9.36. The summed E-state index contributed by atoms with van der Waals surface area (Å²) in [6, 6.07) is 2.80. The van der Waals surface area contributed by atoms with Crippen molar-refractivity contribution in [2.75, 3.05) is 19.6 Å². The lowest BCUT2D eigenvalue weighted by atomic mass is 9.94. The molecule has 0 aliphatic carbocycles. The molecule has 2 aliphatic rings. The molecule has 24 heavy (non-hydrogen) atoms. The van der Waals surface area contributed by atoms with Crippen molar-refractivity contribution in [1.82, 2.24) is 14.9 Å². The Morgan fingerprint density at radius 3 is 2.88 bits per heavy atom. The number of rotatable bonds is 4. The summed E-state index contributed by atoms with van der Waals surface area (Å²) in [6.07, 6.45) is 2.33. The van der Waals surface area contributed by atoms with Gasteiger partial charge in [0.2, 0.25) is 5.91 Å². The number of hydrogen-bond acceptors (Lipinski definition) is 5. The lowest BCUT2D eigenvalue weighted by molar-refractivity contribution is -0.125. The lowest BCUT2D eigenvalue weighted by Gasteiger charge is -2.32. The Morgan fingerprint density at radius 2 is 2.21 bits per heavy atom. The first-order valence-electron chi connectivity index (χ1n) is 8.06. The van der Waals surface area contributed by atoms with Gasteiger partial charge < -0.3 is 10.6 Å². The Bertz CT molecular complexity index is 651. The third-order valence-electron chi connectivity index (χ3n) is 4.72. The first-order valence-corrected chi connectivity index (χ1v) is 10.4. The highest BCUT2D eigenvalue weighted by molar-refractivity contribution is 7.91. The van der Waals surface area contributed by atoms with Crippen LogP contribution in [0.15, 0.2) is 21.7 Å². The van der Waals surface area contributed by atoms with Crippen LogP contribution < -0.4 is 10.6 Å². The second-order valence-electron chi connectivity index (χ2n) is 6.29. The molecule has 0 bridgehead atoms. The third kappa shape index (κ3) is 3.94. The van der Waals surface area contributed by atoms with Crippen molar-refractivity contribution in [2.45, 2.75) is 42.5 Å². The quantitative estimate of drug-likeness (QED) is 0.811. The molecule has 0 saturated carbocycles. The van der Waals surface area contributed by atoms with Crippen LogP contribution in [0.2, 0.25) is 0 Å². The Kier molecular flexibility index (Phi) is 6.66. The van der Waals surface area contributed by atoms with E-state index < -0.39 is 16.1 Å². The maximum Gasteiger partial charge on any atom is 0.253 e. The molecule has 0 spiro atoms. The molecule has 136 valence electrons. The van der Waals surface area contributed by atoms with Crippen LogP contribution in [-0.2, 0) is 14.8 Å². The van der Waals surface area contributed by atoms with Crippen molar-refractivity contribution >= 4 is 39.7 Å². The van der Waals surface area contributed by atoms with Gasteiger partial charge in [0.05, 0.1) is 0 Å². The molecular formula is C15H24ClN3O3S2. The molecule has 2 fully saturated rings. The zero-order chi connectivity index (χ0) is 16.4. The van der Waals surface area contributed by atoms with Crippen LogP contribution in [0.5, 0.6) is 0 Å². The minimum atomic E-state index is -3.57. The van der Waals surface area contributed by atoms with Gasteiger partial charge in [-0.15, -0.1) is 23.7 Å². The summed E-state index contributed by atoms with van der Waals surface area (Å²) in [5, 5.41) is 8.08. The number of hydrogen-bond donors (Lipinski definition) is 2. The number of carbonyl (C=O) groups is 1. The second kappa shape index (κ2) is 8.14. The van der Waals surface area contributed by atoms with E-state index >= 15 is 0 Å². The van der Waals surface area contributed by atoms with Gasteiger partial charge in [0.1, 0.15) is 10.3 Å². The number of nitrogens with one attached hydrogen (secondary N) is 2. The Hall–Kier alpha value is -0.670. The average molecular weight is 394 g/mol. The van der Waals surface area contributed by atoms with Crippen LogP contribution >= 0.6 is 23.7 Å². The summed E-state index contributed by atoms with van der Waals surface area (Å²) in [7, 11) is -3.57. The fraction of sp³-hybridized carbons (Fsp3) is 0.667. The van der Waals surface area contributed by atoms with Gasteiger partial charge in [-0.25, -0.2) is 8.42 Å². The highest BCUT2D eigenvalue weighted by Gasteiger charge is 2.40. The summed E-state index contributed by atoms with van der Waals surface area (Å²) >= 11 is 1.20. The molecule has 1 amide bonds. The summed E-state index contributed by atoms with van der Waals surface area (Å²) in [5.41, 5.74) is 0. The molecule has 3 heterocycles. The number of sulfonamides is 1. The molecule has 3 rings (SSSR count). The Morgan fingerprint density at radius 1 is 1.42 bits per heavy atom. The third-order valence-corrected chi connectivity index (χ3v) is 8.00. The first-order chi connectivity index (χ1) is 11.0. The Labute approximate surface area is 153 Å². The number of halogens is 1. The van der Waals surface area contributed by atoms with Crippen LogP contribution in [0.3, 0.4) is 0 Å². The largest absolute Gasteiger partial charge is 0.350 e. The van der Waals surface area contributed by atoms with Crippen LogP contribution in [0, 0.1) is 5.92 Å². The van der Waals surface area contributed by atoms with Gasteiger partial charge >= 0.3 is 0 Å². The van der Waals surface area contributed by atoms with E-state index in [1.165, 1.54) is 15.6 Å². The van der Waals surface area contributed by atoms with Crippen molar-refractivity contribution in [3.63, 3.8) is 0 Å². The van der Waals surface area contributed by atoms with Crippen LogP contribution in [0.25, 0.3) is 0 Å². The van der Waals surface area contributed by atoms with Gasteiger partial charge in [0, 0.05) is 19.1 Å². The smallest absolute Gasteiger partial charge is 0.253 e. The fourth-order valence-electron chi connectivity index (χ4n) is 3.28. The van der Waals surface area contributed by atoms with Gasteiger partial charge in [-0.3, -0.25) is 4.79 Å². The minimum Gasteiger partial charge on any atom is -0.350 e. The highest BCUT2D eigenvalue weighted by atomic mass is 35.5. The van der Waals surface area contributed by atoms with E-state index in [2.05, 4.69) is 17.6 Å². The number of piperidine rings is 1. The molecule has 2 aliphatic heterocycles. The summed E-state index contributed by atoms with van der Waals surface area (Å²) in [6.45, 7) is 4.25. The fourth-order valence-corrected chi connectivity index (χ4v) is 6.05. The molecule has 0 radical (unpaired) electrons. The van der Waals surface area contributed by atoms with Gasteiger partial charge in [0.15, 0.2) is 0 Å². The first kappa shape index (κ1) is 19.7. The van der Waals surface area contributed by atoms with Crippen molar-refractivity contribution in [1.29, 1.82) is 0 Å². The molecule has 1 aromatic rings. The predicted octanol–water partition coefficient (Wildman–Crippen LogP) is 1.44. The molecule has 2 N–H and O–H groups in total. The van der Waals surface area contributed by atoms with E-state index in [0.717, 1.165) is 25.9 Å². The molecule has 1 aromatic heterocycles. The van der Waals surface area contributed by atoms with Crippen molar-refractivity contribution in [3.05, 3.63) is 17.5 Å². The molecular weight excluding hydrogens is 370 g/mol. The Balaban J connectivity index is 0.00000208. The van der Waals surface area contributed by atoms with Gasteiger partial charge in [-0.05, 0) is 43.2 Å². The van der Waals surface area contributed by atoms with Crippen molar-refractivity contribution in [3.8, 4) is 0 Å². The molecule has 6 nitrogen and oxygen atoms in total. The van der Waals surface area contributed by atoms with E-state index in [1.54, 1.807) is 17.5 Å². The molecule has 9 heteroatoms. The van der Waals surface area contributed by atoms with Crippen molar-refractivity contribution < 1.29 is 13.2 Å². The maximum atomic E-state index is 12.7. The topological polar surface area (TPSA) is 78.5 Å². The van der Waals surface area contributed by atoms with Crippen molar-refractivity contribution in [2.24, 2.45) is 5.92 Å². The molecule has 0 aromatic carbocycles. The van der Waals surface area contributed by atoms with E-state index in [1.807, 2.05) is 0 Å². The molecule has 3 unspecified atom stereocenters. The number of nitrogens with zero attached hydrogens (tertiary/aromatic N) is 1. The standard InChI is InChI=1S/C15H23N3O3S2.ClH/c1-11-6-7-16-10-12(11)17-15(19)13-4-2-8-18(13)23(20,21)14-5-3-9-22-14;/h3,5,9,11-13,16H,2,4,6-8,10H2,1H3,(H,17,19);1H. The SMILES string of the molecule is CC1CCNCC1NC(=O)C1CCCN1S(=O)(=O)c1cccs1.Cl. The maximum absolute atomic E-state index is 12.7.